The summed E-state index contributed by atoms with van der Waals surface area (Å²) >= 11 is 5.90. The van der Waals surface area contributed by atoms with Crippen LogP contribution in [0, 0.1) is 23.7 Å². The summed E-state index contributed by atoms with van der Waals surface area (Å²) < 4.78 is 0. The Labute approximate surface area is 101 Å². The third kappa shape index (κ3) is 3.50. The maximum atomic E-state index is 8.94. The van der Waals surface area contributed by atoms with Crippen LogP contribution >= 0.6 is 11.6 Å². The summed E-state index contributed by atoms with van der Waals surface area (Å²) in [6.07, 6.45) is 7.93. The number of hydrogen-bond acceptors (Lipinski definition) is 2. The number of unbranched alkanes of at least 4 members (excludes halogenated alkanes) is 2. The minimum atomic E-state index is 0.483. The van der Waals surface area contributed by atoms with E-state index in [1.165, 1.54) is 0 Å². The summed E-state index contributed by atoms with van der Waals surface area (Å²) in [6.45, 7) is 0.802. The summed E-state index contributed by atoms with van der Waals surface area (Å²) in [6, 6.07) is 7.48. The fourth-order valence-corrected chi connectivity index (χ4v) is 1.58. The highest BCUT2D eigenvalue weighted by molar-refractivity contribution is 6.32. The number of rotatable bonds is 5. The van der Waals surface area contributed by atoms with Gasteiger partial charge < -0.3 is 5.32 Å². The van der Waals surface area contributed by atoms with Gasteiger partial charge in [-0.3, -0.25) is 0 Å². The van der Waals surface area contributed by atoms with Crippen LogP contribution in [0.2, 0.25) is 5.02 Å². The van der Waals surface area contributed by atoms with Gasteiger partial charge >= 0.3 is 0 Å². The molecule has 16 heavy (non-hydrogen) atoms. The Hall–Kier alpha value is -1.64. The zero-order valence-electron chi connectivity index (χ0n) is 8.96. The molecule has 0 fully saturated rings. The standard InChI is InChI=1S/C13H13ClN2/c1-2-3-4-5-9-16-13-8-6-7-12(14)11(13)10-15/h1,6-8,16H,3-5,9H2. The monoisotopic (exact) mass is 232 g/mol. The van der Waals surface area contributed by atoms with Gasteiger partial charge in [-0.25, -0.2) is 0 Å². The highest BCUT2D eigenvalue weighted by atomic mass is 35.5. The second-order valence-electron chi connectivity index (χ2n) is 3.36. The summed E-state index contributed by atoms with van der Waals surface area (Å²) in [4.78, 5) is 0. The molecule has 0 spiro atoms. The molecule has 1 N–H and O–H groups in total. The van der Waals surface area contributed by atoms with Crippen LogP contribution in [0.15, 0.2) is 18.2 Å². The second-order valence-corrected chi connectivity index (χ2v) is 3.77. The molecule has 3 heteroatoms. The Balaban J connectivity index is 2.52. The zero-order valence-corrected chi connectivity index (χ0v) is 9.72. The van der Waals surface area contributed by atoms with Crippen molar-refractivity contribution in [2.24, 2.45) is 0 Å². The molecular weight excluding hydrogens is 220 g/mol. The molecule has 82 valence electrons. The molecule has 0 aromatic heterocycles. The fraction of sp³-hybridized carbons (Fsp3) is 0.308. The van der Waals surface area contributed by atoms with Crippen molar-refractivity contribution in [1.29, 1.82) is 5.26 Å². The third-order valence-electron chi connectivity index (χ3n) is 2.19. The molecule has 1 aromatic carbocycles. The maximum Gasteiger partial charge on any atom is 0.103 e. The van der Waals surface area contributed by atoms with Crippen LogP contribution in [0.4, 0.5) is 5.69 Å². The Morgan fingerprint density at radius 2 is 2.19 bits per heavy atom. The van der Waals surface area contributed by atoms with Gasteiger partial charge in [0.1, 0.15) is 6.07 Å². The van der Waals surface area contributed by atoms with Crippen LogP contribution in [0.5, 0.6) is 0 Å². The summed E-state index contributed by atoms with van der Waals surface area (Å²) in [5.41, 5.74) is 1.29. The molecule has 0 atom stereocenters. The van der Waals surface area contributed by atoms with Crippen molar-refractivity contribution < 1.29 is 0 Å². The van der Waals surface area contributed by atoms with Crippen LogP contribution in [0.3, 0.4) is 0 Å². The maximum absolute atomic E-state index is 8.94. The largest absolute Gasteiger partial charge is 0.384 e. The molecule has 0 unspecified atom stereocenters. The molecule has 0 radical (unpaired) electrons. The number of nitrogens with one attached hydrogen (secondary N) is 1. The normalized spacial score (nSPS) is 9.19. The van der Waals surface area contributed by atoms with Crippen molar-refractivity contribution in [2.75, 3.05) is 11.9 Å². The number of terminal acetylenes is 1. The van der Waals surface area contributed by atoms with E-state index in [0.717, 1.165) is 31.5 Å². The molecule has 0 aliphatic heterocycles. The molecule has 0 amide bonds. The molecule has 1 rings (SSSR count). The van der Waals surface area contributed by atoms with E-state index < -0.39 is 0 Å². The number of benzene rings is 1. The lowest BCUT2D eigenvalue weighted by Gasteiger charge is -2.08. The molecule has 1 aromatic rings. The van der Waals surface area contributed by atoms with Crippen molar-refractivity contribution in [3.05, 3.63) is 28.8 Å². The van der Waals surface area contributed by atoms with Gasteiger partial charge in [-0.1, -0.05) is 17.7 Å². The number of anilines is 1. The summed E-state index contributed by atoms with van der Waals surface area (Å²) in [5, 5.41) is 12.6. The van der Waals surface area contributed by atoms with Crippen molar-refractivity contribution in [3.8, 4) is 18.4 Å². The van der Waals surface area contributed by atoms with Crippen molar-refractivity contribution in [3.63, 3.8) is 0 Å². The van der Waals surface area contributed by atoms with Crippen LogP contribution in [-0.4, -0.2) is 6.54 Å². The first-order chi connectivity index (χ1) is 7.79. The van der Waals surface area contributed by atoms with Crippen LogP contribution in [0.25, 0.3) is 0 Å². The highest BCUT2D eigenvalue weighted by Gasteiger charge is 2.04. The van der Waals surface area contributed by atoms with E-state index >= 15 is 0 Å². The molecule has 0 aliphatic carbocycles. The molecule has 0 heterocycles. The van der Waals surface area contributed by atoms with Crippen LogP contribution in [0.1, 0.15) is 24.8 Å². The fourth-order valence-electron chi connectivity index (χ4n) is 1.36. The lowest BCUT2D eigenvalue weighted by molar-refractivity contribution is 0.789. The first-order valence-electron chi connectivity index (χ1n) is 5.15. The Kier molecular flexibility index (Phi) is 5.26. The van der Waals surface area contributed by atoms with Gasteiger partial charge in [0.2, 0.25) is 0 Å². The molecule has 0 aliphatic rings. The average Bonchev–Trinajstić information content (AvgIpc) is 2.29. The smallest absolute Gasteiger partial charge is 0.103 e. The number of halogens is 1. The van der Waals surface area contributed by atoms with Gasteiger partial charge in [0.15, 0.2) is 0 Å². The Morgan fingerprint density at radius 3 is 2.88 bits per heavy atom. The summed E-state index contributed by atoms with van der Waals surface area (Å²) in [5.74, 6) is 2.60. The van der Waals surface area contributed by atoms with E-state index in [4.69, 9.17) is 23.3 Å². The van der Waals surface area contributed by atoms with Crippen LogP contribution < -0.4 is 5.32 Å². The average molecular weight is 233 g/mol. The second kappa shape index (κ2) is 6.77. The predicted molar refractivity (Wildman–Crippen MR) is 67.3 cm³/mol. The van der Waals surface area contributed by atoms with E-state index in [9.17, 15) is 0 Å². The minimum Gasteiger partial charge on any atom is -0.384 e. The highest BCUT2D eigenvalue weighted by Crippen LogP contribution is 2.23. The Morgan fingerprint density at radius 1 is 1.38 bits per heavy atom. The van der Waals surface area contributed by atoms with Gasteiger partial charge in [-0.2, -0.15) is 5.26 Å². The van der Waals surface area contributed by atoms with E-state index in [2.05, 4.69) is 17.3 Å². The molecule has 0 bridgehead atoms. The topological polar surface area (TPSA) is 35.8 Å². The van der Waals surface area contributed by atoms with Crippen LogP contribution in [-0.2, 0) is 0 Å². The summed E-state index contributed by atoms with van der Waals surface area (Å²) in [7, 11) is 0. The van der Waals surface area contributed by atoms with Crippen molar-refractivity contribution in [1.82, 2.24) is 0 Å². The van der Waals surface area contributed by atoms with Crippen molar-refractivity contribution in [2.45, 2.75) is 19.3 Å². The van der Waals surface area contributed by atoms with E-state index in [0.29, 0.717) is 10.6 Å². The first kappa shape index (κ1) is 12.4. The molecule has 0 saturated heterocycles. The number of nitriles is 1. The number of nitrogens with zero attached hydrogens (tertiary/aromatic N) is 1. The Bertz CT molecular complexity index is 427. The molecular formula is C13H13ClN2. The predicted octanol–water partition coefficient (Wildman–Crippen LogP) is 3.43. The third-order valence-corrected chi connectivity index (χ3v) is 2.50. The SMILES string of the molecule is C#CCCCCNc1cccc(Cl)c1C#N. The van der Waals surface area contributed by atoms with E-state index in [-0.39, 0.29) is 0 Å². The van der Waals surface area contributed by atoms with Gasteiger partial charge in [0.25, 0.3) is 0 Å². The van der Waals surface area contributed by atoms with Gasteiger partial charge in [-0.15, -0.1) is 12.3 Å². The molecule has 2 nitrogen and oxygen atoms in total. The van der Waals surface area contributed by atoms with Crippen molar-refractivity contribution >= 4 is 17.3 Å². The molecule has 0 saturated carbocycles. The first-order valence-corrected chi connectivity index (χ1v) is 5.53. The lowest BCUT2D eigenvalue weighted by atomic mass is 10.2. The van der Waals surface area contributed by atoms with Gasteiger partial charge in [-0.05, 0) is 25.0 Å². The van der Waals surface area contributed by atoms with E-state index in [1.54, 1.807) is 6.07 Å². The van der Waals surface area contributed by atoms with Gasteiger partial charge in [0.05, 0.1) is 16.3 Å². The quantitative estimate of drug-likeness (QED) is 0.624. The lowest BCUT2D eigenvalue weighted by Crippen LogP contribution is -2.03. The zero-order chi connectivity index (χ0) is 11.8. The minimum absolute atomic E-state index is 0.483. The van der Waals surface area contributed by atoms with E-state index in [1.807, 2.05) is 12.1 Å². The number of hydrogen-bond donors (Lipinski definition) is 1. The van der Waals surface area contributed by atoms with Gasteiger partial charge in [0, 0.05) is 13.0 Å².